The Hall–Kier alpha value is -2.90. The van der Waals surface area contributed by atoms with Crippen LogP contribution in [0.2, 0.25) is 0 Å². The van der Waals surface area contributed by atoms with Gasteiger partial charge in [-0.3, -0.25) is 4.98 Å². The maximum atomic E-state index is 5.17. The fraction of sp³-hybridized carbons (Fsp3) is 0.167. The van der Waals surface area contributed by atoms with Crippen LogP contribution in [0.3, 0.4) is 0 Å². The first-order chi connectivity index (χ1) is 9.92. The van der Waals surface area contributed by atoms with Gasteiger partial charge >= 0.3 is 0 Å². The number of hydrogen-bond acceptors (Lipinski definition) is 8. The second-order valence-corrected chi connectivity index (χ2v) is 3.89. The Balaban J connectivity index is 1.58. The normalized spacial score (nSPS) is 10.4. The molecule has 0 aliphatic rings. The molecule has 0 atom stereocenters. The summed E-state index contributed by atoms with van der Waals surface area (Å²) in [6.07, 6.45) is 6.84. The fourth-order valence-electron chi connectivity index (χ4n) is 1.58. The standard InChI is InChI=1S/C12H11N7O/c1-2-9(6-13-4-1)11-18-10(20-19-11)3-5-15-12-16-7-14-8-17-12/h1-2,4,6-8H,3,5H2,(H,14,15,16,17). The van der Waals surface area contributed by atoms with Crippen LogP contribution in [0.25, 0.3) is 11.4 Å². The minimum Gasteiger partial charge on any atom is -0.354 e. The number of rotatable bonds is 5. The van der Waals surface area contributed by atoms with Crippen molar-refractivity contribution in [3.63, 3.8) is 0 Å². The smallest absolute Gasteiger partial charge is 0.228 e. The Morgan fingerprint density at radius 1 is 1.15 bits per heavy atom. The molecule has 3 aromatic rings. The van der Waals surface area contributed by atoms with Gasteiger partial charge in [0.1, 0.15) is 12.7 Å². The lowest BCUT2D eigenvalue weighted by Crippen LogP contribution is -2.08. The first-order valence-corrected chi connectivity index (χ1v) is 6.01. The maximum absolute atomic E-state index is 5.17. The highest BCUT2D eigenvalue weighted by Crippen LogP contribution is 2.13. The van der Waals surface area contributed by atoms with E-state index >= 15 is 0 Å². The molecule has 3 aromatic heterocycles. The molecule has 0 aliphatic heterocycles. The largest absolute Gasteiger partial charge is 0.354 e. The van der Waals surface area contributed by atoms with Gasteiger partial charge in [0.05, 0.1) is 0 Å². The van der Waals surface area contributed by atoms with Gasteiger partial charge in [0, 0.05) is 30.9 Å². The van der Waals surface area contributed by atoms with Gasteiger partial charge in [0.2, 0.25) is 17.7 Å². The lowest BCUT2D eigenvalue weighted by Gasteiger charge is -1.99. The third-order valence-corrected chi connectivity index (χ3v) is 2.50. The van der Waals surface area contributed by atoms with Gasteiger partial charge in [0.25, 0.3) is 0 Å². The Kier molecular flexibility index (Phi) is 3.54. The minimum atomic E-state index is 0.520. The maximum Gasteiger partial charge on any atom is 0.228 e. The van der Waals surface area contributed by atoms with Crippen molar-refractivity contribution in [3.8, 4) is 11.4 Å². The molecule has 0 unspecified atom stereocenters. The first-order valence-electron chi connectivity index (χ1n) is 6.01. The van der Waals surface area contributed by atoms with Gasteiger partial charge in [-0.15, -0.1) is 0 Å². The quantitative estimate of drug-likeness (QED) is 0.731. The highest BCUT2D eigenvalue weighted by atomic mass is 16.5. The van der Waals surface area contributed by atoms with Gasteiger partial charge in [0.15, 0.2) is 0 Å². The summed E-state index contributed by atoms with van der Waals surface area (Å²) in [5.74, 6) is 1.60. The lowest BCUT2D eigenvalue weighted by molar-refractivity contribution is 0.381. The van der Waals surface area contributed by atoms with Crippen molar-refractivity contribution in [2.45, 2.75) is 6.42 Å². The summed E-state index contributed by atoms with van der Waals surface area (Å²) in [5, 5.41) is 6.96. The molecule has 3 rings (SSSR count). The van der Waals surface area contributed by atoms with E-state index in [-0.39, 0.29) is 0 Å². The zero-order valence-electron chi connectivity index (χ0n) is 10.5. The van der Waals surface area contributed by atoms with Crippen molar-refractivity contribution in [2.75, 3.05) is 11.9 Å². The molecule has 0 aliphatic carbocycles. The summed E-state index contributed by atoms with van der Waals surface area (Å²) < 4.78 is 5.17. The zero-order chi connectivity index (χ0) is 13.6. The van der Waals surface area contributed by atoms with Crippen LogP contribution in [0, 0.1) is 0 Å². The average molecular weight is 269 g/mol. The Labute approximate surface area is 114 Å². The van der Waals surface area contributed by atoms with Gasteiger partial charge in [-0.2, -0.15) is 4.98 Å². The van der Waals surface area contributed by atoms with Crippen molar-refractivity contribution >= 4 is 5.95 Å². The molecule has 0 bridgehead atoms. The minimum absolute atomic E-state index is 0.520. The second kappa shape index (κ2) is 5.83. The van der Waals surface area contributed by atoms with E-state index in [1.807, 2.05) is 12.1 Å². The molecule has 0 saturated heterocycles. The first kappa shape index (κ1) is 12.2. The van der Waals surface area contributed by atoms with E-state index in [2.05, 4.69) is 35.4 Å². The van der Waals surface area contributed by atoms with Gasteiger partial charge in [-0.05, 0) is 12.1 Å². The summed E-state index contributed by atoms with van der Waals surface area (Å²) in [5.41, 5.74) is 0.827. The van der Waals surface area contributed by atoms with Crippen LogP contribution in [0.1, 0.15) is 5.89 Å². The monoisotopic (exact) mass is 269 g/mol. The van der Waals surface area contributed by atoms with E-state index in [0.717, 1.165) is 5.56 Å². The highest BCUT2D eigenvalue weighted by Gasteiger charge is 2.08. The number of aromatic nitrogens is 6. The van der Waals surface area contributed by atoms with E-state index in [0.29, 0.717) is 30.6 Å². The molecule has 8 heteroatoms. The van der Waals surface area contributed by atoms with Crippen molar-refractivity contribution in [2.24, 2.45) is 0 Å². The van der Waals surface area contributed by atoms with Gasteiger partial charge in [-0.1, -0.05) is 5.16 Å². The van der Waals surface area contributed by atoms with E-state index in [1.54, 1.807) is 12.4 Å². The second-order valence-electron chi connectivity index (χ2n) is 3.89. The molecular weight excluding hydrogens is 258 g/mol. The molecule has 0 saturated carbocycles. The van der Waals surface area contributed by atoms with Crippen LogP contribution >= 0.6 is 0 Å². The average Bonchev–Trinajstić information content (AvgIpc) is 2.98. The van der Waals surface area contributed by atoms with Gasteiger partial charge in [-0.25, -0.2) is 15.0 Å². The summed E-state index contributed by atoms with van der Waals surface area (Å²) in [4.78, 5) is 20.0. The molecule has 0 fully saturated rings. The molecule has 1 N–H and O–H groups in total. The van der Waals surface area contributed by atoms with Crippen molar-refractivity contribution in [1.29, 1.82) is 0 Å². The van der Waals surface area contributed by atoms with Crippen molar-refractivity contribution < 1.29 is 4.52 Å². The molecule has 0 radical (unpaired) electrons. The summed E-state index contributed by atoms with van der Waals surface area (Å²) in [6, 6.07) is 3.71. The van der Waals surface area contributed by atoms with Crippen LogP contribution < -0.4 is 5.32 Å². The van der Waals surface area contributed by atoms with Crippen LogP contribution in [-0.4, -0.2) is 36.6 Å². The third kappa shape index (κ3) is 2.91. The van der Waals surface area contributed by atoms with Crippen LogP contribution in [0.5, 0.6) is 0 Å². The number of nitrogens with one attached hydrogen (secondary N) is 1. The molecule has 100 valence electrons. The number of nitrogens with zero attached hydrogens (tertiary/aromatic N) is 6. The van der Waals surface area contributed by atoms with Gasteiger partial charge < -0.3 is 9.84 Å². The van der Waals surface area contributed by atoms with Crippen molar-refractivity contribution in [3.05, 3.63) is 43.1 Å². The summed E-state index contributed by atoms with van der Waals surface area (Å²) in [6.45, 7) is 0.596. The molecule has 0 amide bonds. The Bertz CT molecular complexity index is 656. The van der Waals surface area contributed by atoms with E-state index < -0.39 is 0 Å². The van der Waals surface area contributed by atoms with E-state index in [4.69, 9.17) is 4.52 Å². The molecular formula is C12H11N7O. The summed E-state index contributed by atoms with van der Waals surface area (Å²) in [7, 11) is 0. The molecule has 0 aromatic carbocycles. The Morgan fingerprint density at radius 3 is 2.85 bits per heavy atom. The number of anilines is 1. The highest BCUT2D eigenvalue weighted by molar-refractivity contribution is 5.51. The predicted molar refractivity (Wildman–Crippen MR) is 69.5 cm³/mol. The van der Waals surface area contributed by atoms with Crippen molar-refractivity contribution in [1.82, 2.24) is 30.1 Å². The topological polar surface area (TPSA) is 103 Å². The fourth-order valence-corrected chi connectivity index (χ4v) is 1.58. The zero-order valence-corrected chi connectivity index (χ0v) is 10.5. The molecule has 0 spiro atoms. The van der Waals surface area contributed by atoms with E-state index in [9.17, 15) is 0 Å². The molecule has 8 nitrogen and oxygen atoms in total. The number of hydrogen-bond donors (Lipinski definition) is 1. The van der Waals surface area contributed by atoms with E-state index in [1.165, 1.54) is 12.7 Å². The third-order valence-electron chi connectivity index (χ3n) is 2.50. The van der Waals surface area contributed by atoms with Crippen LogP contribution in [-0.2, 0) is 6.42 Å². The SMILES string of the molecule is c1cncc(-c2noc(CCNc3ncncn3)n2)c1. The molecule has 20 heavy (non-hydrogen) atoms. The number of pyridine rings is 1. The van der Waals surface area contributed by atoms with Crippen LogP contribution in [0.15, 0.2) is 41.7 Å². The Morgan fingerprint density at radius 2 is 2.05 bits per heavy atom. The summed E-state index contributed by atoms with van der Waals surface area (Å²) >= 11 is 0. The molecule has 3 heterocycles. The van der Waals surface area contributed by atoms with Crippen LogP contribution in [0.4, 0.5) is 5.95 Å². The predicted octanol–water partition coefficient (Wildman–Crippen LogP) is 0.971. The lowest BCUT2D eigenvalue weighted by atomic mass is 10.3.